The number of methoxy groups -OCH3 is 2. The maximum absolute atomic E-state index is 13.5. The highest BCUT2D eigenvalue weighted by Crippen LogP contribution is 2.33. The van der Waals surface area contributed by atoms with Gasteiger partial charge < -0.3 is 9.47 Å². The third-order valence-electron chi connectivity index (χ3n) is 4.25. The number of hydrogen-bond donors (Lipinski definition) is 0. The lowest BCUT2D eigenvalue weighted by Gasteiger charge is -2.26. The Bertz CT molecular complexity index is 1070. The Morgan fingerprint density at radius 2 is 1.61 bits per heavy atom. The van der Waals surface area contributed by atoms with E-state index in [4.69, 9.17) is 21.1 Å². The van der Waals surface area contributed by atoms with Crippen LogP contribution in [0, 0.1) is 0 Å². The van der Waals surface area contributed by atoms with Gasteiger partial charge in [0.1, 0.15) is 16.4 Å². The Kier molecular flexibility index (Phi) is 6.11. The molecule has 0 radical (unpaired) electrons. The van der Waals surface area contributed by atoms with E-state index in [1.807, 2.05) is 18.2 Å². The molecule has 0 saturated heterocycles. The quantitative estimate of drug-likeness (QED) is 0.556. The second kappa shape index (κ2) is 8.54. The van der Waals surface area contributed by atoms with E-state index in [0.717, 1.165) is 5.56 Å². The van der Waals surface area contributed by atoms with Gasteiger partial charge in [0.05, 0.1) is 31.5 Å². The van der Waals surface area contributed by atoms with E-state index in [1.165, 1.54) is 17.5 Å². The summed E-state index contributed by atoms with van der Waals surface area (Å²) < 4.78 is 39.0. The molecule has 0 aliphatic carbocycles. The predicted octanol–water partition coefficient (Wildman–Crippen LogP) is 4.75. The fraction of sp³-hybridized carbons (Fsp3) is 0.143. The monoisotopic (exact) mass is 417 g/mol. The lowest BCUT2D eigenvalue weighted by atomic mass is 10.2. The second-order valence-electron chi connectivity index (χ2n) is 5.96. The van der Waals surface area contributed by atoms with Crippen molar-refractivity contribution in [3.63, 3.8) is 0 Å². The lowest BCUT2D eigenvalue weighted by molar-refractivity contribution is 0.409. The summed E-state index contributed by atoms with van der Waals surface area (Å²) in [5.41, 5.74) is 1.19. The normalized spacial score (nSPS) is 11.1. The van der Waals surface area contributed by atoms with Crippen LogP contribution in [0.2, 0.25) is 5.02 Å². The van der Waals surface area contributed by atoms with Crippen molar-refractivity contribution in [1.29, 1.82) is 0 Å². The van der Waals surface area contributed by atoms with Crippen LogP contribution in [-0.2, 0) is 16.6 Å². The lowest BCUT2D eigenvalue weighted by Crippen LogP contribution is -2.31. The highest BCUT2D eigenvalue weighted by atomic mass is 35.5. The second-order valence-corrected chi connectivity index (χ2v) is 8.19. The van der Waals surface area contributed by atoms with Gasteiger partial charge in [0.25, 0.3) is 10.0 Å². The summed E-state index contributed by atoms with van der Waals surface area (Å²) in [6.45, 7) is 0.0741. The Morgan fingerprint density at radius 1 is 0.893 bits per heavy atom. The van der Waals surface area contributed by atoms with E-state index in [2.05, 4.69) is 0 Å². The van der Waals surface area contributed by atoms with Crippen molar-refractivity contribution in [1.82, 2.24) is 0 Å². The molecule has 3 rings (SSSR count). The first-order valence-electron chi connectivity index (χ1n) is 8.50. The van der Waals surface area contributed by atoms with E-state index in [0.29, 0.717) is 17.2 Å². The third kappa shape index (κ3) is 4.08. The van der Waals surface area contributed by atoms with Gasteiger partial charge in [-0.05, 0) is 30.3 Å². The van der Waals surface area contributed by atoms with E-state index in [9.17, 15) is 8.42 Å². The van der Waals surface area contributed by atoms with Crippen molar-refractivity contribution in [3.8, 4) is 11.5 Å². The Labute approximate surface area is 170 Å². The summed E-state index contributed by atoms with van der Waals surface area (Å²) in [6.07, 6.45) is 0. The first kappa shape index (κ1) is 20.0. The molecule has 0 unspecified atom stereocenters. The van der Waals surface area contributed by atoms with Gasteiger partial charge in [0.15, 0.2) is 0 Å². The number of sulfonamides is 1. The minimum absolute atomic E-state index is 0.0365. The number of anilines is 1. The molecule has 3 aromatic carbocycles. The van der Waals surface area contributed by atoms with E-state index in [-0.39, 0.29) is 16.5 Å². The first-order valence-corrected chi connectivity index (χ1v) is 10.3. The molecule has 0 aliphatic heterocycles. The third-order valence-corrected chi connectivity index (χ3v) is 6.53. The number of rotatable bonds is 7. The van der Waals surface area contributed by atoms with Gasteiger partial charge in [0.2, 0.25) is 0 Å². The molecular weight excluding hydrogens is 398 g/mol. The number of benzene rings is 3. The Morgan fingerprint density at radius 3 is 2.32 bits per heavy atom. The van der Waals surface area contributed by atoms with Crippen LogP contribution in [-0.4, -0.2) is 22.6 Å². The molecule has 0 N–H and O–H groups in total. The van der Waals surface area contributed by atoms with E-state index < -0.39 is 10.0 Å². The van der Waals surface area contributed by atoms with Crippen LogP contribution >= 0.6 is 11.6 Å². The van der Waals surface area contributed by atoms with Gasteiger partial charge >= 0.3 is 0 Å². The molecule has 0 fully saturated rings. The van der Waals surface area contributed by atoms with E-state index in [1.54, 1.807) is 55.6 Å². The summed E-state index contributed by atoms with van der Waals surface area (Å²) in [7, 11) is -0.856. The van der Waals surface area contributed by atoms with Crippen molar-refractivity contribution < 1.29 is 17.9 Å². The molecular formula is C21H20ClNO4S. The number of hydrogen-bond acceptors (Lipinski definition) is 4. The summed E-state index contributed by atoms with van der Waals surface area (Å²) in [5.74, 6) is 1.15. The fourth-order valence-corrected chi connectivity index (χ4v) is 4.77. The molecule has 0 bridgehead atoms. The summed E-state index contributed by atoms with van der Waals surface area (Å²) in [4.78, 5) is 0.0365. The Balaban J connectivity index is 2.15. The maximum Gasteiger partial charge on any atom is 0.266 e. The topological polar surface area (TPSA) is 55.8 Å². The van der Waals surface area contributed by atoms with Crippen molar-refractivity contribution in [3.05, 3.63) is 83.4 Å². The molecule has 146 valence electrons. The molecule has 0 saturated carbocycles. The van der Waals surface area contributed by atoms with Gasteiger partial charge in [-0.15, -0.1) is 0 Å². The predicted molar refractivity (Wildman–Crippen MR) is 111 cm³/mol. The molecule has 0 amide bonds. The summed E-state index contributed by atoms with van der Waals surface area (Å²) >= 11 is 6.21. The summed E-state index contributed by atoms with van der Waals surface area (Å²) in [6, 6.07) is 20.6. The van der Waals surface area contributed by atoms with Crippen LogP contribution in [0.1, 0.15) is 5.56 Å². The van der Waals surface area contributed by atoms with Crippen LogP contribution in [0.3, 0.4) is 0 Å². The zero-order valence-corrected chi connectivity index (χ0v) is 17.1. The number of nitrogens with zero attached hydrogens (tertiary/aromatic N) is 1. The molecule has 0 atom stereocenters. The highest BCUT2D eigenvalue weighted by molar-refractivity contribution is 7.93. The average Bonchev–Trinajstić information content (AvgIpc) is 2.72. The molecule has 28 heavy (non-hydrogen) atoms. The van der Waals surface area contributed by atoms with Gasteiger partial charge in [-0.3, -0.25) is 4.31 Å². The van der Waals surface area contributed by atoms with Gasteiger partial charge in [-0.25, -0.2) is 8.42 Å². The van der Waals surface area contributed by atoms with E-state index >= 15 is 0 Å². The van der Waals surface area contributed by atoms with Crippen LogP contribution < -0.4 is 13.8 Å². The zero-order valence-electron chi connectivity index (χ0n) is 15.5. The minimum atomic E-state index is -3.94. The van der Waals surface area contributed by atoms with Crippen molar-refractivity contribution in [2.45, 2.75) is 11.4 Å². The average molecular weight is 418 g/mol. The van der Waals surface area contributed by atoms with Crippen LogP contribution in [0.25, 0.3) is 0 Å². The zero-order chi connectivity index (χ0) is 20.1. The highest BCUT2D eigenvalue weighted by Gasteiger charge is 2.28. The van der Waals surface area contributed by atoms with Crippen LogP contribution in [0.5, 0.6) is 11.5 Å². The molecule has 0 aliphatic rings. The minimum Gasteiger partial charge on any atom is -0.497 e. The van der Waals surface area contributed by atoms with Crippen molar-refractivity contribution >= 4 is 27.3 Å². The molecule has 0 aromatic heterocycles. The largest absolute Gasteiger partial charge is 0.497 e. The van der Waals surface area contributed by atoms with Crippen molar-refractivity contribution in [2.75, 3.05) is 18.5 Å². The smallest absolute Gasteiger partial charge is 0.266 e. The number of para-hydroxylation sites is 1. The van der Waals surface area contributed by atoms with Crippen molar-refractivity contribution in [2.24, 2.45) is 0 Å². The number of ether oxygens (including phenoxy) is 2. The first-order chi connectivity index (χ1) is 13.5. The molecule has 0 spiro atoms. The standard InChI is InChI=1S/C21H20ClNO4S/c1-26-18-10-7-9-17(14-18)23(15-16-8-3-5-12-20(16)27-2)28(24,25)21-13-6-4-11-19(21)22/h3-14H,15H2,1-2H3. The Hall–Kier alpha value is -2.70. The molecule has 3 aromatic rings. The van der Waals surface area contributed by atoms with Gasteiger partial charge in [0, 0.05) is 11.6 Å². The van der Waals surface area contributed by atoms with Gasteiger partial charge in [-0.2, -0.15) is 0 Å². The molecule has 0 heterocycles. The molecule has 7 heteroatoms. The van der Waals surface area contributed by atoms with Crippen LogP contribution in [0.15, 0.2) is 77.7 Å². The maximum atomic E-state index is 13.5. The number of halogens is 1. The fourth-order valence-electron chi connectivity index (χ4n) is 2.84. The molecule has 5 nitrogen and oxygen atoms in total. The summed E-state index contributed by atoms with van der Waals surface area (Å²) in [5, 5.41) is 0.162. The SMILES string of the molecule is COc1cccc(N(Cc2ccccc2OC)S(=O)(=O)c2ccccc2Cl)c1. The van der Waals surface area contributed by atoms with Gasteiger partial charge in [-0.1, -0.05) is 48.0 Å². The van der Waals surface area contributed by atoms with Crippen LogP contribution in [0.4, 0.5) is 5.69 Å².